The Morgan fingerprint density at radius 3 is 2.80 bits per heavy atom. The number of hydrogen-bond acceptors (Lipinski definition) is 3. The number of nitrogens with zero attached hydrogens (tertiary/aromatic N) is 2. The Kier molecular flexibility index (Phi) is 4.39. The normalized spacial score (nSPS) is 23.8. The van der Waals surface area contributed by atoms with Gasteiger partial charge in [0, 0.05) is 49.2 Å². The van der Waals surface area contributed by atoms with Crippen molar-refractivity contribution in [3.63, 3.8) is 0 Å². The maximum Gasteiger partial charge on any atom is 0.164 e. The van der Waals surface area contributed by atoms with Crippen LogP contribution in [0.1, 0.15) is 29.6 Å². The van der Waals surface area contributed by atoms with Gasteiger partial charge in [-0.05, 0) is 43.7 Å². The molecule has 0 amide bonds. The molecule has 1 unspecified atom stereocenters. The third-order valence-corrected chi connectivity index (χ3v) is 4.74. The molecular formula is C16H21ClN2O. The summed E-state index contributed by atoms with van der Waals surface area (Å²) in [5.74, 6) is 0.218. The van der Waals surface area contributed by atoms with Crippen molar-refractivity contribution in [2.75, 3.05) is 32.7 Å². The minimum Gasteiger partial charge on any atom is -0.300 e. The molecule has 2 aliphatic heterocycles. The van der Waals surface area contributed by atoms with Crippen molar-refractivity contribution < 1.29 is 4.79 Å². The third kappa shape index (κ3) is 3.22. The Morgan fingerprint density at radius 2 is 2.00 bits per heavy atom. The van der Waals surface area contributed by atoms with E-state index < -0.39 is 0 Å². The van der Waals surface area contributed by atoms with Crippen LogP contribution in [0, 0.1) is 0 Å². The fourth-order valence-corrected chi connectivity index (χ4v) is 3.42. The van der Waals surface area contributed by atoms with Crippen molar-refractivity contribution in [1.29, 1.82) is 0 Å². The zero-order chi connectivity index (χ0) is 13.9. The molecule has 1 aromatic rings. The van der Waals surface area contributed by atoms with Gasteiger partial charge in [-0.15, -0.1) is 0 Å². The molecule has 3 nitrogen and oxygen atoms in total. The second-order valence-corrected chi connectivity index (χ2v) is 6.25. The van der Waals surface area contributed by atoms with Crippen molar-refractivity contribution in [2.24, 2.45) is 0 Å². The fourth-order valence-electron chi connectivity index (χ4n) is 3.30. The standard InChI is InChI=1S/C16H21ClN2O/c17-14-5-3-13(4-6-14)16(20)7-9-18-10-11-19-8-1-2-15(19)12-18/h3-6,15H,1-2,7-12H2. The van der Waals surface area contributed by atoms with Crippen LogP contribution in [-0.2, 0) is 0 Å². The van der Waals surface area contributed by atoms with Gasteiger partial charge >= 0.3 is 0 Å². The van der Waals surface area contributed by atoms with Crippen LogP contribution >= 0.6 is 11.6 Å². The minimum absolute atomic E-state index is 0.218. The molecule has 0 bridgehead atoms. The first kappa shape index (κ1) is 14.1. The van der Waals surface area contributed by atoms with Crippen LogP contribution in [-0.4, -0.2) is 54.3 Å². The molecule has 1 atom stereocenters. The monoisotopic (exact) mass is 292 g/mol. The summed E-state index contributed by atoms with van der Waals surface area (Å²) in [7, 11) is 0. The highest BCUT2D eigenvalue weighted by atomic mass is 35.5. The van der Waals surface area contributed by atoms with Gasteiger partial charge in [0.25, 0.3) is 0 Å². The molecule has 2 fully saturated rings. The molecular weight excluding hydrogens is 272 g/mol. The summed E-state index contributed by atoms with van der Waals surface area (Å²) < 4.78 is 0. The van der Waals surface area contributed by atoms with E-state index in [-0.39, 0.29) is 5.78 Å². The van der Waals surface area contributed by atoms with Gasteiger partial charge in [0.15, 0.2) is 5.78 Å². The largest absolute Gasteiger partial charge is 0.300 e. The van der Waals surface area contributed by atoms with Crippen LogP contribution in [0.2, 0.25) is 5.02 Å². The molecule has 108 valence electrons. The number of rotatable bonds is 4. The predicted octanol–water partition coefficient (Wildman–Crippen LogP) is 2.69. The van der Waals surface area contributed by atoms with E-state index in [1.807, 2.05) is 12.1 Å². The van der Waals surface area contributed by atoms with Gasteiger partial charge in [-0.25, -0.2) is 0 Å². The first-order valence-corrected chi connectivity index (χ1v) is 7.85. The van der Waals surface area contributed by atoms with E-state index in [0.29, 0.717) is 11.4 Å². The molecule has 2 saturated heterocycles. The second kappa shape index (κ2) is 6.25. The summed E-state index contributed by atoms with van der Waals surface area (Å²) in [6.45, 7) is 5.55. The van der Waals surface area contributed by atoms with Gasteiger partial charge in [-0.2, -0.15) is 0 Å². The van der Waals surface area contributed by atoms with Gasteiger partial charge in [0.1, 0.15) is 0 Å². The lowest BCUT2D eigenvalue weighted by atomic mass is 10.1. The lowest BCUT2D eigenvalue weighted by molar-refractivity contribution is 0.0871. The average Bonchev–Trinajstić information content (AvgIpc) is 2.93. The second-order valence-electron chi connectivity index (χ2n) is 5.81. The number of benzene rings is 1. The van der Waals surface area contributed by atoms with Gasteiger partial charge in [-0.3, -0.25) is 9.69 Å². The number of ketones is 1. The minimum atomic E-state index is 0.218. The Balaban J connectivity index is 1.49. The Morgan fingerprint density at radius 1 is 1.20 bits per heavy atom. The smallest absolute Gasteiger partial charge is 0.164 e. The van der Waals surface area contributed by atoms with Gasteiger partial charge in [0.05, 0.1) is 0 Å². The van der Waals surface area contributed by atoms with E-state index in [0.717, 1.165) is 31.2 Å². The molecule has 0 aliphatic carbocycles. The summed E-state index contributed by atoms with van der Waals surface area (Å²) in [5.41, 5.74) is 0.772. The van der Waals surface area contributed by atoms with Crippen LogP contribution in [0.3, 0.4) is 0 Å². The molecule has 0 spiro atoms. The van der Waals surface area contributed by atoms with Gasteiger partial charge in [0.2, 0.25) is 0 Å². The van der Waals surface area contributed by atoms with Crippen LogP contribution in [0.25, 0.3) is 0 Å². The highest BCUT2D eigenvalue weighted by Crippen LogP contribution is 2.21. The molecule has 2 aliphatic rings. The Hall–Kier alpha value is -0.900. The number of carbonyl (C=O) groups excluding carboxylic acids is 1. The van der Waals surface area contributed by atoms with Crippen LogP contribution in [0.5, 0.6) is 0 Å². The van der Waals surface area contributed by atoms with Crippen molar-refractivity contribution in [2.45, 2.75) is 25.3 Å². The number of hydrogen-bond donors (Lipinski definition) is 0. The fraction of sp³-hybridized carbons (Fsp3) is 0.562. The average molecular weight is 293 g/mol. The number of fused-ring (bicyclic) bond motifs is 1. The molecule has 0 saturated carbocycles. The molecule has 1 aromatic carbocycles. The molecule has 4 heteroatoms. The van der Waals surface area contributed by atoms with Crippen molar-refractivity contribution >= 4 is 17.4 Å². The lowest BCUT2D eigenvalue weighted by Crippen LogP contribution is -2.50. The Bertz CT molecular complexity index is 474. The number of carbonyl (C=O) groups is 1. The molecule has 2 heterocycles. The summed E-state index contributed by atoms with van der Waals surface area (Å²) >= 11 is 5.84. The summed E-state index contributed by atoms with van der Waals surface area (Å²) in [5, 5.41) is 0.680. The quantitative estimate of drug-likeness (QED) is 0.797. The van der Waals surface area contributed by atoms with Crippen LogP contribution < -0.4 is 0 Å². The van der Waals surface area contributed by atoms with E-state index in [2.05, 4.69) is 9.80 Å². The molecule has 0 N–H and O–H groups in total. The molecule has 0 aromatic heterocycles. The van der Waals surface area contributed by atoms with E-state index in [9.17, 15) is 4.79 Å². The van der Waals surface area contributed by atoms with E-state index >= 15 is 0 Å². The van der Waals surface area contributed by atoms with E-state index in [4.69, 9.17) is 11.6 Å². The van der Waals surface area contributed by atoms with Crippen molar-refractivity contribution in [3.8, 4) is 0 Å². The van der Waals surface area contributed by atoms with Crippen molar-refractivity contribution in [3.05, 3.63) is 34.9 Å². The van der Waals surface area contributed by atoms with Gasteiger partial charge in [-0.1, -0.05) is 11.6 Å². The number of Topliss-reactive ketones (excluding diaryl/α,β-unsaturated/α-hetero) is 1. The summed E-state index contributed by atoms with van der Waals surface area (Å²) in [4.78, 5) is 17.2. The first-order valence-electron chi connectivity index (χ1n) is 7.47. The molecule has 20 heavy (non-hydrogen) atoms. The predicted molar refractivity (Wildman–Crippen MR) is 81.4 cm³/mol. The third-order valence-electron chi connectivity index (χ3n) is 4.49. The summed E-state index contributed by atoms with van der Waals surface area (Å²) in [6, 6.07) is 7.94. The maximum absolute atomic E-state index is 12.1. The zero-order valence-electron chi connectivity index (χ0n) is 11.7. The Labute approximate surface area is 125 Å². The summed E-state index contributed by atoms with van der Waals surface area (Å²) in [6.07, 6.45) is 3.26. The first-order chi connectivity index (χ1) is 9.72. The molecule has 0 radical (unpaired) electrons. The van der Waals surface area contributed by atoms with Crippen molar-refractivity contribution in [1.82, 2.24) is 9.80 Å². The molecule has 3 rings (SSSR count). The van der Waals surface area contributed by atoms with Gasteiger partial charge < -0.3 is 4.90 Å². The van der Waals surface area contributed by atoms with E-state index in [1.165, 1.54) is 25.9 Å². The number of halogens is 1. The van der Waals surface area contributed by atoms with Crippen LogP contribution in [0.4, 0.5) is 0 Å². The highest BCUT2D eigenvalue weighted by molar-refractivity contribution is 6.30. The lowest BCUT2D eigenvalue weighted by Gasteiger charge is -2.37. The highest BCUT2D eigenvalue weighted by Gasteiger charge is 2.30. The number of piperazine rings is 1. The van der Waals surface area contributed by atoms with Crippen LogP contribution in [0.15, 0.2) is 24.3 Å². The zero-order valence-corrected chi connectivity index (χ0v) is 12.5. The van der Waals surface area contributed by atoms with E-state index in [1.54, 1.807) is 12.1 Å². The topological polar surface area (TPSA) is 23.6 Å². The SMILES string of the molecule is O=C(CCN1CCN2CCCC2C1)c1ccc(Cl)cc1. The maximum atomic E-state index is 12.1.